The van der Waals surface area contributed by atoms with Crippen LogP contribution in [0.1, 0.15) is 46.1 Å². The van der Waals surface area contributed by atoms with E-state index in [0.29, 0.717) is 23.4 Å². The Labute approximate surface area is 205 Å². The molecule has 1 saturated heterocycles. The molecule has 2 N–H and O–H groups in total. The summed E-state index contributed by atoms with van der Waals surface area (Å²) in [6.45, 7) is 15.7. The molecule has 0 saturated carbocycles. The molecular weight excluding hydrogens is 523 g/mol. The summed E-state index contributed by atoms with van der Waals surface area (Å²) in [5, 5.41) is 6.58. The Morgan fingerprint density at radius 2 is 1.77 bits per heavy atom. The van der Waals surface area contributed by atoms with Crippen LogP contribution in [0.2, 0.25) is 0 Å². The van der Waals surface area contributed by atoms with Crippen LogP contribution in [0.5, 0.6) is 0 Å². The Balaban J connectivity index is 0.00000480. The lowest BCUT2D eigenvalue weighted by Crippen LogP contribution is -2.49. The van der Waals surface area contributed by atoms with Crippen molar-refractivity contribution in [1.29, 1.82) is 0 Å². The van der Waals surface area contributed by atoms with E-state index in [1.807, 2.05) is 12.1 Å². The smallest absolute Gasteiger partial charge is 0.191 e. The number of piperidine rings is 1. The number of likely N-dealkylation sites (tertiary alicyclic amines) is 1. The zero-order chi connectivity index (χ0) is 22.4. The SMILES string of the molecule is C=C(C)CN1CCC(NC(=NC)NCCS(=O)(=O)c2ccc(C(C)(C)C)cc2)CC1.I. The van der Waals surface area contributed by atoms with E-state index in [4.69, 9.17) is 0 Å². The maximum Gasteiger partial charge on any atom is 0.191 e. The zero-order valence-electron chi connectivity index (χ0n) is 19.6. The second-order valence-corrected chi connectivity index (χ2v) is 11.4. The van der Waals surface area contributed by atoms with E-state index in [2.05, 4.69) is 54.8 Å². The van der Waals surface area contributed by atoms with Gasteiger partial charge in [0.15, 0.2) is 15.8 Å². The van der Waals surface area contributed by atoms with Gasteiger partial charge in [-0.25, -0.2) is 8.42 Å². The van der Waals surface area contributed by atoms with E-state index in [0.717, 1.165) is 38.0 Å². The summed E-state index contributed by atoms with van der Waals surface area (Å²) in [6.07, 6.45) is 2.07. The second-order valence-electron chi connectivity index (χ2n) is 9.24. The lowest BCUT2D eigenvalue weighted by Gasteiger charge is -2.33. The number of guanidine groups is 1. The summed E-state index contributed by atoms with van der Waals surface area (Å²) >= 11 is 0. The summed E-state index contributed by atoms with van der Waals surface area (Å²) in [7, 11) is -1.62. The van der Waals surface area contributed by atoms with E-state index in [-0.39, 0.29) is 35.1 Å². The Morgan fingerprint density at radius 3 is 2.26 bits per heavy atom. The minimum atomic E-state index is -3.34. The third-order valence-electron chi connectivity index (χ3n) is 5.39. The molecule has 176 valence electrons. The fourth-order valence-electron chi connectivity index (χ4n) is 3.59. The highest BCUT2D eigenvalue weighted by atomic mass is 127. The molecule has 1 aromatic rings. The summed E-state index contributed by atoms with van der Waals surface area (Å²) < 4.78 is 25.3. The molecule has 1 heterocycles. The van der Waals surface area contributed by atoms with Gasteiger partial charge in [-0.3, -0.25) is 9.89 Å². The molecule has 0 amide bonds. The molecular formula is C23H39IN4O2S. The molecule has 31 heavy (non-hydrogen) atoms. The van der Waals surface area contributed by atoms with Gasteiger partial charge in [0.25, 0.3) is 0 Å². The molecule has 0 bridgehead atoms. The van der Waals surface area contributed by atoms with Gasteiger partial charge < -0.3 is 10.6 Å². The number of nitrogens with one attached hydrogen (secondary N) is 2. The van der Waals surface area contributed by atoms with Gasteiger partial charge in [-0.05, 0) is 42.9 Å². The van der Waals surface area contributed by atoms with Crippen LogP contribution in [0.3, 0.4) is 0 Å². The van der Waals surface area contributed by atoms with Gasteiger partial charge in [0.1, 0.15) is 0 Å². The van der Waals surface area contributed by atoms with Gasteiger partial charge in [0.05, 0.1) is 10.6 Å². The van der Waals surface area contributed by atoms with E-state index >= 15 is 0 Å². The number of rotatable bonds is 7. The molecule has 8 heteroatoms. The number of hydrogen-bond acceptors (Lipinski definition) is 4. The average Bonchev–Trinajstić information content (AvgIpc) is 2.67. The molecule has 0 aromatic heterocycles. The van der Waals surface area contributed by atoms with Crippen molar-refractivity contribution >= 4 is 39.8 Å². The number of benzene rings is 1. The Hall–Kier alpha value is -1.13. The monoisotopic (exact) mass is 562 g/mol. The molecule has 1 aliphatic rings. The Morgan fingerprint density at radius 1 is 1.19 bits per heavy atom. The third-order valence-corrected chi connectivity index (χ3v) is 7.12. The quantitative estimate of drug-likeness (QED) is 0.230. The van der Waals surface area contributed by atoms with Crippen molar-refractivity contribution in [3.05, 3.63) is 42.0 Å². The van der Waals surface area contributed by atoms with Crippen LogP contribution in [-0.4, -0.2) is 64.3 Å². The molecule has 1 fully saturated rings. The first-order valence-corrected chi connectivity index (χ1v) is 12.3. The molecule has 0 atom stereocenters. The minimum Gasteiger partial charge on any atom is -0.355 e. The third kappa shape index (κ3) is 9.10. The molecule has 2 rings (SSSR count). The van der Waals surface area contributed by atoms with Crippen LogP contribution in [0.25, 0.3) is 0 Å². The molecule has 0 aliphatic carbocycles. The summed E-state index contributed by atoms with van der Waals surface area (Å²) in [4.78, 5) is 7.03. The molecule has 6 nitrogen and oxygen atoms in total. The number of halogens is 1. The predicted octanol–water partition coefficient (Wildman–Crippen LogP) is 3.58. The van der Waals surface area contributed by atoms with Crippen molar-refractivity contribution in [3.63, 3.8) is 0 Å². The highest BCUT2D eigenvalue weighted by molar-refractivity contribution is 14.0. The van der Waals surface area contributed by atoms with Crippen LogP contribution < -0.4 is 10.6 Å². The van der Waals surface area contributed by atoms with Gasteiger partial charge in [-0.15, -0.1) is 24.0 Å². The highest BCUT2D eigenvalue weighted by Gasteiger charge is 2.21. The van der Waals surface area contributed by atoms with Crippen molar-refractivity contribution in [2.24, 2.45) is 4.99 Å². The molecule has 1 aliphatic heterocycles. The van der Waals surface area contributed by atoms with Crippen molar-refractivity contribution in [3.8, 4) is 0 Å². The summed E-state index contributed by atoms with van der Waals surface area (Å²) in [5.41, 5.74) is 2.31. The number of aliphatic imine (C=N–C) groups is 1. The minimum absolute atomic E-state index is 0. The van der Waals surface area contributed by atoms with Gasteiger partial charge >= 0.3 is 0 Å². The van der Waals surface area contributed by atoms with Crippen molar-refractivity contribution in [2.75, 3.05) is 39.0 Å². The van der Waals surface area contributed by atoms with Crippen LogP contribution in [0, 0.1) is 0 Å². The van der Waals surface area contributed by atoms with Gasteiger partial charge in [-0.2, -0.15) is 0 Å². The fraction of sp³-hybridized carbons (Fsp3) is 0.609. The standard InChI is InChI=1S/C23H38N4O2S.HI/c1-18(2)17-27-14-11-20(12-15-27)26-22(24-6)25-13-16-30(28,29)21-9-7-19(8-10-21)23(3,4)5;/h7-10,20H,1,11-17H2,2-6H3,(H2,24,25,26);1H. The van der Waals surface area contributed by atoms with Crippen molar-refractivity contribution in [2.45, 2.75) is 56.9 Å². The van der Waals surface area contributed by atoms with E-state index in [1.54, 1.807) is 19.2 Å². The predicted molar refractivity (Wildman–Crippen MR) is 141 cm³/mol. The average molecular weight is 563 g/mol. The first kappa shape index (κ1) is 27.9. The highest BCUT2D eigenvalue weighted by Crippen LogP contribution is 2.23. The van der Waals surface area contributed by atoms with E-state index in [9.17, 15) is 8.42 Å². The van der Waals surface area contributed by atoms with Crippen molar-refractivity contribution < 1.29 is 8.42 Å². The van der Waals surface area contributed by atoms with Crippen LogP contribution in [-0.2, 0) is 15.3 Å². The normalized spacial score (nSPS) is 16.5. The van der Waals surface area contributed by atoms with Crippen molar-refractivity contribution in [1.82, 2.24) is 15.5 Å². The first-order valence-electron chi connectivity index (χ1n) is 10.7. The molecule has 0 radical (unpaired) electrons. The lowest BCUT2D eigenvalue weighted by molar-refractivity contribution is 0.221. The van der Waals surface area contributed by atoms with Crippen LogP contribution in [0.4, 0.5) is 0 Å². The first-order chi connectivity index (χ1) is 14.0. The summed E-state index contributed by atoms with van der Waals surface area (Å²) in [5.74, 6) is 0.686. The summed E-state index contributed by atoms with van der Waals surface area (Å²) in [6, 6.07) is 7.57. The van der Waals surface area contributed by atoms with Gasteiger partial charge in [0, 0.05) is 39.3 Å². The van der Waals surface area contributed by atoms with Gasteiger partial charge in [0.2, 0.25) is 0 Å². The maximum atomic E-state index is 12.7. The topological polar surface area (TPSA) is 73.8 Å². The maximum absolute atomic E-state index is 12.7. The number of sulfone groups is 1. The number of hydrogen-bond donors (Lipinski definition) is 2. The molecule has 0 spiro atoms. The Kier molecular flexibility index (Phi) is 11.0. The van der Waals surface area contributed by atoms with E-state index in [1.165, 1.54) is 5.57 Å². The van der Waals surface area contributed by atoms with E-state index < -0.39 is 9.84 Å². The van der Waals surface area contributed by atoms with Crippen LogP contribution in [0.15, 0.2) is 46.3 Å². The molecule has 0 unspecified atom stereocenters. The largest absolute Gasteiger partial charge is 0.355 e. The number of nitrogens with zero attached hydrogens (tertiary/aromatic N) is 2. The molecule has 1 aromatic carbocycles. The fourth-order valence-corrected chi connectivity index (χ4v) is 4.75. The van der Waals surface area contributed by atoms with Gasteiger partial charge in [-0.1, -0.05) is 45.1 Å². The Bertz CT molecular complexity index is 837. The van der Waals surface area contributed by atoms with Crippen LogP contribution >= 0.6 is 24.0 Å². The lowest BCUT2D eigenvalue weighted by atomic mass is 9.87. The zero-order valence-corrected chi connectivity index (χ0v) is 22.7. The second kappa shape index (κ2) is 12.2.